The summed E-state index contributed by atoms with van der Waals surface area (Å²) in [5.41, 5.74) is 1.30. The summed E-state index contributed by atoms with van der Waals surface area (Å²) in [7, 11) is 0. The van der Waals surface area contributed by atoms with E-state index >= 15 is 0 Å². The molecular weight excluding hydrogens is 218 g/mol. The molecule has 12 heavy (non-hydrogen) atoms. The van der Waals surface area contributed by atoms with Crippen LogP contribution in [0.25, 0.3) is 10.9 Å². The Kier molecular flexibility index (Phi) is 1.59. The van der Waals surface area contributed by atoms with Crippen molar-refractivity contribution in [2.24, 2.45) is 0 Å². The minimum absolute atomic E-state index is 0.428. The van der Waals surface area contributed by atoms with E-state index in [1.165, 1.54) is 0 Å². The highest BCUT2D eigenvalue weighted by molar-refractivity contribution is 9.10. The van der Waals surface area contributed by atoms with Gasteiger partial charge in [-0.2, -0.15) is 10.4 Å². The number of nitriles is 1. The van der Waals surface area contributed by atoms with Crippen LogP contribution >= 0.6 is 15.9 Å². The van der Waals surface area contributed by atoms with Crippen molar-refractivity contribution in [3.63, 3.8) is 0 Å². The zero-order valence-corrected chi connectivity index (χ0v) is 7.59. The maximum absolute atomic E-state index is 8.70. The summed E-state index contributed by atoms with van der Waals surface area (Å²) < 4.78 is 0.894. The maximum Gasteiger partial charge on any atom is 0.171 e. The summed E-state index contributed by atoms with van der Waals surface area (Å²) in [6.07, 6.45) is 0. The minimum atomic E-state index is 0.428. The number of hydrogen-bond donors (Lipinski definition) is 1. The second-order valence-electron chi connectivity index (χ2n) is 2.35. The number of aromatic amines is 1. The Morgan fingerprint density at radius 3 is 3.08 bits per heavy atom. The summed E-state index contributed by atoms with van der Waals surface area (Å²) in [6.45, 7) is 0. The van der Waals surface area contributed by atoms with Gasteiger partial charge in [-0.25, -0.2) is 0 Å². The van der Waals surface area contributed by atoms with Gasteiger partial charge >= 0.3 is 0 Å². The molecule has 0 bridgehead atoms. The van der Waals surface area contributed by atoms with Crippen molar-refractivity contribution in [3.05, 3.63) is 28.4 Å². The van der Waals surface area contributed by atoms with Crippen LogP contribution in [0, 0.1) is 11.3 Å². The summed E-state index contributed by atoms with van der Waals surface area (Å²) >= 11 is 3.36. The first-order valence-electron chi connectivity index (χ1n) is 3.35. The lowest BCUT2D eigenvalue weighted by atomic mass is 10.2. The van der Waals surface area contributed by atoms with Crippen LogP contribution in [0.5, 0.6) is 0 Å². The SMILES string of the molecule is N#Cc1n[nH]c2cccc(Br)c12. The molecule has 1 heterocycles. The van der Waals surface area contributed by atoms with Gasteiger partial charge < -0.3 is 0 Å². The van der Waals surface area contributed by atoms with Crippen LogP contribution in [-0.4, -0.2) is 10.2 Å². The quantitative estimate of drug-likeness (QED) is 0.742. The first-order valence-corrected chi connectivity index (χ1v) is 4.15. The molecule has 1 aromatic carbocycles. The number of H-pyrrole nitrogens is 1. The second-order valence-corrected chi connectivity index (χ2v) is 3.20. The summed E-state index contributed by atoms with van der Waals surface area (Å²) in [4.78, 5) is 0. The van der Waals surface area contributed by atoms with Crippen molar-refractivity contribution in [1.29, 1.82) is 5.26 Å². The van der Waals surface area contributed by atoms with Crippen LogP contribution in [0.3, 0.4) is 0 Å². The van der Waals surface area contributed by atoms with Crippen molar-refractivity contribution in [3.8, 4) is 6.07 Å². The van der Waals surface area contributed by atoms with Gasteiger partial charge in [-0.1, -0.05) is 6.07 Å². The molecule has 0 spiro atoms. The zero-order valence-electron chi connectivity index (χ0n) is 6.00. The Bertz CT molecular complexity index is 467. The molecule has 4 heteroatoms. The number of nitrogens with zero attached hydrogens (tertiary/aromatic N) is 2. The van der Waals surface area contributed by atoms with E-state index in [1.807, 2.05) is 24.3 Å². The Balaban J connectivity index is 2.95. The topological polar surface area (TPSA) is 52.5 Å². The van der Waals surface area contributed by atoms with Gasteiger partial charge in [0.1, 0.15) is 6.07 Å². The van der Waals surface area contributed by atoms with Crippen LogP contribution in [0.4, 0.5) is 0 Å². The van der Waals surface area contributed by atoms with E-state index in [-0.39, 0.29) is 0 Å². The lowest BCUT2D eigenvalue weighted by molar-refractivity contribution is 1.10. The average Bonchev–Trinajstić information content (AvgIpc) is 2.49. The van der Waals surface area contributed by atoms with Crippen LogP contribution in [0.1, 0.15) is 5.69 Å². The number of rotatable bonds is 0. The Hall–Kier alpha value is -1.34. The molecule has 2 rings (SSSR count). The molecule has 2 aromatic rings. The first kappa shape index (κ1) is 7.32. The van der Waals surface area contributed by atoms with E-state index in [2.05, 4.69) is 26.1 Å². The Labute approximate surface area is 77.1 Å². The molecule has 3 nitrogen and oxygen atoms in total. The van der Waals surface area contributed by atoms with Crippen LogP contribution in [-0.2, 0) is 0 Å². The van der Waals surface area contributed by atoms with Gasteiger partial charge in [-0.3, -0.25) is 5.10 Å². The standard InChI is InChI=1S/C8H4BrN3/c9-5-2-1-3-6-8(5)7(4-10)12-11-6/h1-3H,(H,11,12). The van der Waals surface area contributed by atoms with Crippen molar-refractivity contribution in [2.75, 3.05) is 0 Å². The predicted molar refractivity (Wildman–Crippen MR) is 48.5 cm³/mol. The molecule has 0 saturated heterocycles. The Morgan fingerprint density at radius 2 is 2.33 bits per heavy atom. The van der Waals surface area contributed by atoms with Gasteiger partial charge in [0, 0.05) is 4.47 Å². The third kappa shape index (κ3) is 0.908. The number of hydrogen-bond acceptors (Lipinski definition) is 2. The smallest absolute Gasteiger partial charge is 0.171 e. The zero-order chi connectivity index (χ0) is 8.55. The summed E-state index contributed by atoms with van der Waals surface area (Å²) in [6, 6.07) is 7.68. The fourth-order valence-electron chi connectivity index (χ4n) is 1.11. The molecule has 0 unspecified atom stereocenters. The minimum Gasteiger partial charge on any atom is -0.276 e. The van der Waals surface area contributed by atoms with Gasteiger partial charge in [0.25, 0.3) is 0 Å². The molecule has 0 aliphatic carbocycles. The molecule has 0 aliphatic heterocycles. The maximum atomic E-state index is 8.70. The van der Waals surface area contributed by atoms with Gasteiger partial charge in [0.15, 0.2) is 5.69 Å². The van der Waals surface area contributed by atoms with Crippen LogP contribution in [0.2, 0.25) is 0 Å². The fraction of sp³-hybridized carbons (Fsp3) is 0. The van der Waals surface area contributed by atoms with Gasteiger partial charge in [-0.15, -0.1) is 0 Å². The Morgan fingerprint density at radius 1 is 1.50 bits per heavy atom. The van der Waals surface area contributed by atoms with Crippen molar-refractivity contribution in [1.82, 2.24) is 10.2 Å². The van der Waals surface area contributed by atoms with E-state index in [1.54, 1.807) is 0 Å². The average molecular weight is 222 g/mol. The lowest BCUT2D eigenvalue weighted by Gasteiger charge is -1.90. The molecule has 0 radical (unpaired) electrons. The van der Waals surface area contributed by atoms with E-state index in [0.717, 1.165) is 15.4 Å². The molecule has 0 fully saturated rings. The third-order valence-corrected chi connectivity index (χ3v) is 2.31. The van der Waals surface area contributed by atoms with Crippen LogP contribution < -0.4 is 0 Å². The van der Waals surface area contributed by atoms with Crippen LogP contribution in [0.15, 0.2) is 22.7 Å². The number of benzene rings is 1. The molecule has 0 atom stereocenters. The van der Waals surface area contributed by atoms with Crippen molar-refractivity contribution < 1.29 is 0 Å². The molecule has 1 aromatic heterocycles. The summed E-state index contributed by atoms with van der Waals surface area (Å²) in [5.74, 6) is 0. The normalized spacial score (nSPS) is 10.0. The largest absolute Gasteiger partial charge is 0.276 e. The highest BCUT2D eigenvalue weighted by Gasteiger charge is 2.06. The number of nitrogens with one attached hydrogen (secondary N) is 1. The van der Waals surface area contributed by atoms with Crippen molar-refractivity contribution in [2.45, 2.75) is 0 Å². The highest BCUT2D eigenvalue weighted by atomic mass is 79.9. The van der Waals surface area contributed by atoms with Crippen molar-refractivity contribution >= 4 is 26.8 Å². The van der Waals surface area contributed by atoms with E-state index in [4.69, 9.17) is 5.26 Å². The molecule has 58 valence electrons. The molecule has 0 saturated carbocycles. The number of halogens is 1. The van der Waals surface area contributed by atoms with E-state index in [9.17, 15) is 0 Å². The van der Waals surface area contributed by atoms with E-state index < -0.39 is 0 Å². The second kappa shape index (κ2) is 2.61. The summed E-state index contributed by atoms with van der Waals surface area (Å²) in [5, 5.41) is 16.2. The molecule has 1 N–H and O–H groups in total. The highest BCUT2D eigenvalue weighted by Crippen LogP contribution is 2.24. The van der Waals surface area contributed by atoms with E-state index in [0.29, 0.717) is 5.69 Å². The monoisotopic (exact) mass is 221 g/mol. The lowest BCUT2D eigenvalue weighted by Crippen LogP contribution is -1.73. The first-order chi connectivity index (χ1) is 5.83. The number of aromatic nitrogens is 2. The molecule has 0 amide bonds. The van der Waals surface area contributed by atoms with Gasteiger partial charge in [0.2, 0.25) is 0 Å². The fourth-order valence-corrected chi connectivity index (χ4v) is 1.66. The van der Waals surface area contributed by atoms with Gasteiger partial charge in [0.05, 0.1) is 10.9 Å². The molecular formula is C8H4BrN3. The third-order valence-electron chi connectivity index (χ3n) is 1.64. The number of fused-ring (bicyclic) bond motifs is 1. The molecule has 0 aliphatic rings. The predicted octanol–water partition coefficient (Wildman–Crippen LogP) is 2.20. The van der Waals surface area contributed by atoms with Gasteiger partial charge in [-0.05, 0) is 28.1 Å².